The Kier molecular flexibility index (Phi) is 8.80. The number of aromatic nitrogens is 2. The fraction of sp³-hybridized carbons (Fsp3) is 0.233. The molecule has 0 saturated heterocycles. The molecule has 0 aliphatic heterocycles. The first-order valence-corrected chi connectivity index (χ1v) is 13.3. The van der Waals surface area contributed by atoms with Gasteiger partial charge in [-0.2, -0.15) is 18.3 Å². The minimum absolute atomic E-state index is 0.0256. The Hall–Kier alpha value is -3.82. The van der Waals surface area contributed by atoms with Gasteiger partial charge in [-0.1, -0.05) is 74.3 Å². The van der Waals surface area contributed by atoms with E-state index in [9.17, 15) is 22.8 Å². The van der Waals surface area contributed by atoms with E-state index >= 15 is 0 Å². The number of anilines is 1. The molecule has 0 fully saturated rings. The Bertz CT molecular complexity index is 1550. The van der Waals surface area contributed by atoms with Gasteiger partial charge in [-0.15, -0.1) is 0 Å². The van der Waals surface area contributed by atoms with Crippen LogP contribution in [0.4, 0.5) is 19.0 Å². The first-order valence-electron chi connectivity index (χ1n) is 12.6. The number of nitrogens with one attached hydrogen (secondary N) is 1. The van der Waals surface area contributed by atoms with Crippen LogP contribution < -0.4 is 5.32 Å². The summed E-state index contributed by atoms with van der Waals surface area (Å²) in [6.07, 6.45) is -4.53. The van der Waals surface area contributed by atoms with Crippen LogP contribution in [-0.4, -0.2) is 33.0 Å². The van der Waals surface area contributed by atoms with Crippen molar-refractivity contribution < 1.29 is 22.8 Å². The van der Waals surface area contributed by atoms with Gasteiger partial charge in [0, 0.05) is 23.6 Å². The average molecular weight is 603 g/mol. The van der Waals surface area contributed by atoms with Crippen molar-refractivity contribution in [1.82, 2.24) is 14.7 Å². The van der Waals surface area contributed by atoms with E-state index in [-0.39, 0.29) is 24.1 Å². The number of alkyl halides is 3. The molecule has 0 spiro atoms. The smallest absolute Gasteiger partial charge is 0.325 e. The summed E-state index contributed by atoms with van der Waals surface area (Å²) >= 11 is 12.3. The lowest BCUT2D eigenvalue weighted by molar-refractivity contribution is -0.137. The summed E-state index contributed by atoms with van der Waals surface area (Å²) in [5, 5.41) is 8.17. The molecule has 0 unspecified atom stereocenters. The lowest BCUT2D eigenvalue weighted by Gasteiger charge is -2.23. The molecule has 0 bridgehead atoms. The molecule has 0 radical (unpaired) electrons. The van der Waals surface area contributed by atoms with Crippen molar-refractivity contribution in [2.75, 3.05) is 11.9 Å². The molecule has 0 aliphatic rings. The van der Waals surface area contributed by atoms with E-state index in [2.05, 4.69) is 10.4 Å². The quantitative estimate of drug-likeness (QED) is 0.235. The summed E-state index contributed by atoms with van der Waals surface area (Å²) < 4.78 is 40.7. The molecule has 214 valence electrons. The third kappa shape index (κ3) is 7.48. The van der Waals surface area contributed by atoms with Crippen LogP contribution in [0.5, 0.6) is 0 Å². The molecule has 0 saturated carbocycles. The predicted octanol–water partition coefficient (Wildman–Crippen LogP) is 7.78. The number of benzene rings is 3. The fourth-order valence-electron chi connectivity index (χ4n) is 3.99. The number of halogens is 5. The van der Waals surface area contributed by atoms with Crippen LogP contribution >= 0.6 is 23.2 Å². The van der Waals surface area contributed by atoms with Crippen LogP contribution in [0.3, 0.4) is 0 Å². The zero-order valence-electron chi connectivity index (χ0n) is 22.5. The molecule has 11 heteroatoms. The number of hydrogen-bond acceptors (Lipinski definition) is 3. The summed E-state index contributed by atoms with van der Waals surface area (Å²) in [5.41, 5.74) is 0.812. The van der Waals surface area contributed by atoms with E-state index in [0.29, 0.717) is 27.2 Å². The monoisotopic (exact) mass is 602 g/mol. The summed E-state index contributed by atoms with van der Waals surface area (Å²) in [4.78, 5) is 28.0. The molecule has 41 heavy (non-hydrogen) atoms. The first kappa shape index (κ1) is 30.1. The maximum Gasteiger partial charge on any atom is 0.416 e. The van der Waals surface area contributed by atoms with Crippen LogP contribution in [-0.2, 0) is 22.9 Å². The van der Waals surface area contributed by atoms with Crippen molar-refractivity contribution in [3.8, 4) is 5.69 Å². The number of nitrogens with zero attached hydrogens (tertiary/aromatic N) is 3. The number of amides is 2. The number of rotatable bonds is 7. The first-order chi connectivity index (χ1) is 19.2. The second-order valence-corrected chi connectivity index (χ2v) is 11.3. The molecule has 1 heterocycles. The maximum atomic E-state index is 13.4. The largest absolute Gasteiger partial charge is 0.416 e. The van der Waals surface area contributed by atoms with Gasteiger partial charge in [-0.25, -0.2) is 4.68 Å². The van der Waals surface area contributed by atoms with Crippen LogP contribution in [0, 0.1) is 0 Å². The second kappa shape index (κ2) is 12.0. The van der Waals surface area contributed by atoms with Gasteiger partial charge in [0.1, 0.15) is 12.4 Å². The molecule has 1 N–H and O–H groups in total. The van der Waals surface area contributed by atoms with E-state index in [1.54, 1.807) is 48.5 Å². The van der Waals surface area contributed by atoms with Crippen molar-refractivity contribution in [2.24, 2.45) is 0 Å². The van der Waals surface area contributed by atoms with Gasteiger partial charge in [-0.05, 0) is 48.0 Å². The highest BCUT2D eigenvalue weighted by atomic mass is 35.5. The van der Waals surface area contributed by atoms with E-state index in [4.69, 9.17) is 23.2 Å². The van der Waals surface area contributed by atoms with Crippen molar-refractivity contribution in [2.45, 2.75) is 38.9 Å². The van der Waals surface area contributed by atoms with Gasteiger partial charge in [-0.3, -0.25) is 9.59 Å². The Morgan fingerprint density at radius 2 is 1.56 bits per heavy atom. The minimum atomic E-state index is -4.53. The van der Waals surface area contributed by atoms with E-state index in [0.717, 1.165) is 29.8 Å². The van der Waals surface area contributed by atoms with Crippen LogP contribution in [0.15, 0.2) is 78.9 Å². The van der Waals surface area contributed by atoms with E-state index in [1.807, 2.05) is 26.8 Å². The van der Waals surface area contributed by atoms with Gasteiger partial charge >= 0.3 is 6.18 Å². The molecule has 0 aliphatic carbocycles. The Balaban J connectivity index is 1.63. The lowest BCUT2D eigenvalue weighted by Crippen LogP contribution is -2.37. The minimum Gasteiger partial charge on any atom is -0.325 e. The maximum absolute atomic E-state index is 13.4. The topological polar surface area (TPSA) is 67.2 Å². The highest BCUT2D eigenvalue weighted by molar-refractivity contribution is 6.42. The Labute approximate surface area is 245 Å². The lowest BCUT2D eigenvalue weighted by atomic mass is 9.92. The van der Waals surface area contributed by atoms with Gasteiger partial charge in [0.2, 0.25) is 5.91 Å². The average Bonchev–Trinajstić information content (AvgIpc) is 3.34. The third-order valence-electron chi connectivity index (χ3n) is 6.19. The third-order valence-corrected chi connectivity index (χ3v) is 6.93. The number of carbonyl (C=O) groups excluding carboxylic acids is 2. The molecule has 4 aromatic rings. The SMILES string of the molecule is CC(C)(C)c1cc(NC(=O)CN(Cc2ccccc2)C(=O)c2ccc(C(F)(F)F)cc2)n(-c2ccc(Cl)c(Cl)c2)n1. The second-order valence-electron chi connectivity index (χ2n) is 10.4. The zero-order valence-corrected chi connectivity index (χ0v) is 24.0. The van der Waals surface area contributed by atoms with Crippen molar-refractivity contribution in [3.05, 3.63) is 111 Å². The van der Waals surface area contributed by atoms with Crippen LogP contribution in [0.25, 0.3) is 5.69 Å². The van der Waals surface area contributed by atoms with E-state index < -0.39 is 23.6 Å². The molecule has 6 nitrogen and oxygen atoms in total. The van der Waals surface area contributed by atoms with Crippen LogP contribution in [0.1, 0.15) is 48.0 Å². The summed E-state index contributed by atoms with van der Waals surface area (Å²) in [6, 6.07) is 19.6. The Morgan fingerprint density at radius 3 is 2.15 bits per heavy atom. The number of hydrogen-bond donors (Lipinski definition) is 1. The zero-order chi connectivity index (χ0) is 29.9. The van der Waals surface area contributed by atoms with Crippen molar-refractivity contribution >= 4 is 40.8 Å². The molecule has 4 rings (SSSR count). The fourth-order valence-corrected chi connectivity index (χ4v) is 4.29. The summed E-state index contributed by atoms with van der Waals surface area (Å²) in [5.74, 6) is -0.770. The van der Waals surface area contributed by atoms with Gasteiger partial charge in [0.15, 0.2) is 0 Å². The highest BCUT2D eigenvalue weighted by Crippen LogP contribution is 2.31. The predicted molar refractivity (Wildman–Crippen MR) is 154 cm³/mol. The van der Waals surface area contributed by atoms with Crippen molar-refractivity contribution in [1.29, 1.82) is 0 Å². The van der Waals surface area contributed by atoms with Crippen LogP contribution in [0.2, 0.25) is 10.0 Å². The normalized spacial score (nSPS) is 11.8. The summed E-state index contributed by atoms with van der Waals surface area (Å²) in [7, 11) is 0. The Morgan fingerprint density at radius 1 is 0.902 bits per heavy atom. The van der Waals surface area contributed by atoms with E-state index in [1.165, 1.54) is 9.58 Å². The molecule has 0 atom stereocenters. The van der Waals surface area contributed by atoms with Gasteiger partial charge in [0.05, 0.1) is 27.0 Å². The molecular formula is C30H27Cl2F3N4O2. The summed E-state index contributed by atoms with van der Waals surface area (Å²) in [6.45, 7) is 5.62. The van der Waals surface area contributed by atoms with Crippen molar-refractivity contribution in [3.63, 3.8) is 0 Å². The molecule has 1 aromatic heterocycles. The van der Waals surface area contributed by atoms with Gasteiger partial charge in [0.25, 0.3) is 5.91 Å². The standard InChI is InChI=1S/C30H27Cl2F3N4O2/c1-29(2,3)25-16-26(39(37-25)22-13-14-23(31)24(32)15-22)36-27(40)18-38(17-19-7-5-4-6-8-19)28(41)20-9-11-21(12-10-20)30(33,34)35/h4-16H,17-18H2,1-3H3,(H,36,40). The highest BCUT2D eigenvalue weighted by Gasteiger charge is 2.31. The molecular weight excluding hydrogens is 576 g/mol. The molecule has 3 aromatic carbocycles. The number of carbonyl (C=O) groups is 2. The molecule has 2 amide bonds. The van der Waals surface area contributed by atoms with Gasteiger partial charge < -0.3 is 10.2 Å².